The Balaban J connectivity index is 2.58. The highest BCUT2D eigenvalue weighted by molar-refractivity contribution is 5.78. The molecule has 1 N–H and O–H groups in total. The maximum Gasteiger partial charge on any atom is 0.223 e. The van der Waals surface area contributed by atoms with Crippen molar-refractivity contribution in [2.75, 3.05) is 0 Å². The average Bonchev–Trinajstić information content (AvgIpc) is 2.26. The molecule has 0 heterocycles. The highest BCUT2D eigenvalue weighted by atomic mass is 19.1. The largest absolute Gasteiger partial charge is 0.352 e. The number of benzene rings is 1. The van der Waals surface area contributed by atoms with Crippen LogP contribution in [-0.2, 0) is 11.3 Å². The smallest absolute Gasteiger partial charge is 0.223 e. The lowest BCUT2D eigenvalue weighted by atomic mass is 10.1. The molecule has 0 aliphatic heterocycles. The van der Waals surface area contributed by atoms with Gasteiger partial charge in [-0.15, -0.1) is 0 Å². The quantitative estimate of drug-likeness (QED) is 0.841. The van der Waals surface area contributed by atoms with Gasteiger partial charge in [-0.2, -0.15) is 0 Å². The summed E-state index contributed by atoms with van der Waals surface area (Å²) in [4.78, 5) is 11.4. The van der Waals surface area contributed by atoms with Gasteiger partial charge in [0.25, 0.3) is 0 Å². The SMILES string of the molecule is CCC(C)C(=O)NCc1ccc(F)cc1F. The fraction of sp³-hybridized carbons (Fsp3) is 0.417. The molecular formula is C12H15F2NO. The number of rotatable bonds is 4. The Bertz CT molecular complexity index is 379. The Kier molecular flexibility index (Phi) is 4.40. The zero-order valence-corrected chi connectivity index (χ0v) is 9.39. The summed E-state index contributed by atoms with van der Waals surface area (Å²) in [6.07, 6.45) is 0.734. The van der Waals surface area contributed by atoms with Crippen molar-refractivity contribution in [2.24, 2.45) is 5.92 Å². The Hall–Kier alpha value is -1.45. The van der Waals surface area contributed by atoms with Crippen molar-refractivity contribution < 1.29 is 13.6 Å². The molecule has 1 aromatic rings. The fourth-order valence-electron chi connectivity index (χ4n) is 1.21. The van der Waals surface area contributed by atoms with E-state index in [4.69, 9.17) is 0 Å². The van der Waals surface area contributed by atoms with Crippen LogP contribution in [0.2, 0.25) is 0 Å². The van der Waals surface area contributed by atoms with Crippen molar-refractivity contribution in [3.8, 4) is 0 Å². The van der Waals surface area contributed by atoms with Crippen LogP contribution in [0.1, 0.15) is 25.8 Å². The second kappa shape index (κ2) is 5.58. The van der Waals surface area contributed by atoms with Gasteiger partial charge in [0.15, 0.2) is 0 Å². The van der Waals surface area contributed by atoms with Crippen molar-refractivity contribution in [3.63, 3.8) is 0 Å². The van der Waals surface area contributed by atoms with E-state index >= 15 is 0 Å². The summed E-state index contributed by atoms with van der Waals surface area (Å²) in [7, 11) is 0. The molecule has 0 bridgehead atoms. The lowest BCUT2D eigenvalue weighted by Crippen LogP contribution is -2.28. The minimum absolute atomic E-state index is 0.0925. The van der Waals surface area contributed by atoms with Crippen LogP contribution in [0.25, 0.3) is 0 Å². The zero-order valence-electron chi connectivity index (χ0n) is 9.39. The molecule has 1 aromatic carbocycles. The van der Waals surface area contributed by atoms with Gasteiger partial charge in [0.1, 0.15) is 11.6 Å². The molecule has 0 aliphatic carbocycles. The Labute approximate surface area is 93.7 Å². The predicted octanol–water partition coefficient (Wildman–Crippen LogP) is 2.63. The van der Waals surface area contributed by atoms with Crippen LogP contribution in [0.5, 0.6) is 0 Å². The minimum atomic E-state index is -0.635. The Morgan fingerprint density at radius 3 is 2.69 bits per heavy atom. The topological polar surface area (TPSA) is 29.1 Å². The van der Waals surface area contributed by atoms with Gasteiger partial charge in [0.2, 0.25) is 5.91 Å². The molecule has 1 unspecified atom stereocenters. The van der Waals surface area contributed by atoms with Gasteiger partial charge in [-0.25, -0.2) is 8.78 Å². The van der Waals surface area contributed by atoms with Crippen LogP contribution in [-0.4, -0.2) is 5.91 Å². The molecule has 1 atom stereocenters. The summed E-state index contributed by atoms with van der Waals surface area (Å²) in [6.45, 7) is 3.80. The van der Waals surface area contributed by atoms with Crippen LogP contribution in [0.4, 0.5) is 8.78 Å². The summed E-state index contributed by atoms with van der Waals surface area (Å²) in [5.41, 5.74) is 0.290. The minimum Gasteiger partial charge on any atom is -0.352 e. The van der Waals surface area contributed by atoms with Crippen LogP contribution in [0.15, 0.2) is 18.2 Å². The lowest BCUT2D eigenvalue weighted by Gasteiger charge is -2.10. The molecule has 2 nitrogen and oxygen atoms in total. The number of halogens is 2. The van der Waals surface area contributed by atoms with E-state index in [-0.39, 0.29) is 23.9 Å². The molecular weight excluding hydrogens is 212 g/mol. The van der Waals surface area contributed by atoms with Crippen molar-refractivity contribution in [2.45, 2.75) is 26.8 Å². The van der Waals surface area contributed by atoms with Gasteiger partial charge in [0.05, 0.1) is 0 Å². The maximum absolute atomic E-state index is 13.2. The summed E-state index contributed by atoms with van der Waals surface area (Å²) in [5.74, 6) is -1.46. The first-order valence-electron chi connectivity index (χ1n) is 5.26. The first kappa shape index (κ1) is 12.6. The number of carbonyl (C=O) groups is 1. The van der Waals surface area contributed by atoms with Gasteiger partial charge in [-0.1, -0.05) is 19.9 Å². The van der Waals surface area contributed by atoms with Crippen molar-refractivity contribution >= 4 is 5.91 Å². The molecule has 0 spiro atoms. The highest BCUT2D eigenvalue weighted by Gasteiger charge is 2.11. The second-order valence-corrected chi connectivity index (χ2v) is 3.76. The third-order valence-electron chi connectivity index (χ3n) is 2.53. The van der Waals surface area contributed by atoms with E-state index < -0.39 is 11.6 Å². The van der Waals surface area contributed by atoms with E-state index in [9.17, 15) is 13.6 Å². The first-order valence-corrected chi connectivity index (χ1v) is 5.26. The number of nitrogens with one attached hydrogen (secondary N) is 1. The highest BCUT2D eigenvalue weighted by Crippen LogP contribution is 2.09. The summed E-state index contributed by atoms with van der Waals surface area (Å²) in [5, 5.41) is 2.61. The molecule has 16 heavy (non-hydrogen) atoms. The van der Waals surface area contributed by atoms with Crippen molar-refractivity contribution in [1.82, 2.24) is 5.32 Å². The monoisotopic (exact) mass is 227 g/mol. The predicted molar refractivity (Wildman–Crippen MR) is 57.7 cm³/mol. The lowest BCUT2D eigenvalue weighted by molar-refractivity contribution is -0.124. The van der Waals surface area contributed by atoms with E-state index in [1.165, 1.54) is 12.1 Å². The van der Waals surface area contributed by atoms with Gasteiger partial charge in [-0.05, 0) is 12.5 Å². The summed E-state index contributed by atoms with van der Waals surface area (Å²) in [6, 6.07) is 3.32. The molecule has 0 aliphatic rings. The summed E-state index contributed by atoms with van der Waals surface area (Å²) < 4.78 is 25.8. The third kappa shape index (κ3) is 3.29. The maximum atomic E-state index is 13.2. The third-order valence-corrected chi connectivity index (χ3v) is 2.53. The Morgan fingerprint density at radius 2 is 2.12 bits per heavy atom. The van der Waals surface area contributed by atoms with E-state index in [0.29, 0.717) is 0 Å². The van der Waals surface area contributed by atoms with Crippen LogP contribution < -0.4 is 5.32 Å². The van der Waals surface area contributed by atoms with Gasteiger partial charge in [-0.3, -0.25) is 4.79 Å². The number of amides is 1. The molecule has 0 saturated heterocycles. The van der Waals surface area contributed by atoms with Crippen molar-refractivity contribution in [1.29, 1.82) is 0 Å². The van der Waals surface area contributed by atoms with Gasteiger partial charge < -0.3 is 5.32 Å². The standard InChI is InChI=1S/C12H15F2NO/c1-3-8(2)12(16)15-7-9-4-5-10(13)6-11(9)14/h4-6,8H,3,7H2,1-2H3,(H,15,16). The second-order valence-electron chi connectivity index (χ2n) is 3.76. The zero-order chi connectivity index (χ0) is 12.1. The first-order chi connectivity index (χ1) is 7.54. The number of hydrogen-bond acceptors (Lipinski definition) is 1. The molecule has 0 fully saturated rings. The van der Waals surface area contributed by atoms with Crippen LogP contribution in [0, 0.1) is 17.6 Å². The fourth-order valence-corrected chi connectivity index (χ4v) is 1.21. The van der Waals surface area contributed by atoms with Gasteiger partial charge >= 0.3 is 0 Å². The van der Waals surface area contributed by atoms with Crippen molar-refractivity contribution in [3.05, 3.63) is 35.4 Å². The molecule has 88 valence electrons. The molecule has 0 saturated carbocycles. The average molecular weight is 227 g/mol. The summed E-state index contributed by atoms with van der Waals surface area (Å²) >= 11 is 0. The number of carbonyl (C=O) groups excluding carboxylic acids is 1. The molecule has 1 rings (SSSR count). The van der Waals surface area contributed by atoms with Gasteiger partial charge in [0, 0.05) is 24.1 Å². The molecule has 0 radical (unpaired) electrons. The molecule has 4 heteroatoms. The number of hydrogen-bond donors (Lipinski definition) is 1. The molecule has 1 amide bonds. The van der Waals surface area contributed by atoms with E-state index in [1.54, 1.807) is 6.92 Å². The van der Waals surface area contributed by atoms with Crippen LogP contribution >= 0.6 is 0 Å². The Morgan fingerprint density at radius 1 is 1.44 bits per heavy atom. The van der Waals surface area contributed by atoms with E-state index in [2.05, 4.69) is 5.32 Å². The molecule has 0 aromatic heterocycles. The van der Waals surface area contributed by atoms with E-state index in [0.717, 1.165) is 12.5 Å². The van der Waals surface area contributed by atoms with E-state index in [1.807, 2.05) is 6.92 Å². The van der Waals surface area contributed by atoms with Crippen LogP contribution in [0.3, 0.4) is 0 Å². The normalized spacial score (nSPS) is 12.2.